The van der Waals surface area contributed by atoms with Crippen LogP contribution in [0.3, 0.4) is 0 Å². The summed E-state index contributed by atoms with van der Waals surface area (Å²) in [6.07, 6.45) is 4.34. The van der Waals surface area contributed by atoms with Crippen LogP contribution in [0, 0.1) is 10.5 Å². The lowest BCUT2D eigenvalue weighted by Crippen LogP contribution is -2.01. The fourth-order valence-electron chi connectivity index (χ4n) is 1.54. The minimum absolute atomic E-state index is 0.336. The van der Waals surface area contributed by atoms with E-state index in [4.69, 9.17) is 0 Å². The zero-order valence-corrected chi connectivity index (χ0v) is 11.2. The lowest BCUT2D eigenvalue weighted by molar-refractivity contribution is 0.164. The molecule has 1 aromatic rings. The Morgan fingerprint density at radius 1 is 1.53 bits per heavy atom. The van der Waals surface area contributed by atoms with Crippen molar-refractivity contribution in [2.75, 3.05) is 0 Å². The van der Waals surface area contributed by atoms with E-state index in [0.29, 0.717) is 0 Å². The minimum Gasteiger partial charge on any atom is -0.388 e. The van der Waals surface area contributed by atoms with Crippen molar-refractivity contribution < 1.29 is 5.11 Å². The number of halogens is 1. The molecular formula is C13H17IO. The number of aryl methyl sites for hydroxylation is 1. The number of aliphatic hydroxyl groups excluding tert-OH is 1. The summed E-state index contributed by atoms with van der Waals surface area (Å²) >= 11 is 2.30. The van der Waals surface area contributed by atoms with Crippen molar-refractivity contribution in [2.45, 2.75) is 32.3 Å². The Balaban J connectivity index is 2.68. The van der Waals surface area contributed by atoms with Crippen LogP contribution in [0.25, 0.3) is 0 Å². The van der Waals surface area contributed by atoms with Crippen molar-refractivity contribution >= 4 is 22.6 Å². The Bertz CT molecular complexity index is 333. The molecule has 1 atom stereocenters. The Morgan fingerprint density at radius 3 is 2.93 bits per heavy atom. The smallest absolute Gasteiger partial charge is 0.0800 e. The molecule has 0 spiro atoms. The molecular weight excluding hydrogens is 299 g/mol. The van der Waals surface area contributed by atoms with Crippen LogP contribution in [0.5, 0.6) is 0 Å². The van der Waals surface area contributed by atoms with Gasteiger partial charge in [0.05, 0.1) is 6.10 Å². The molecule has 0 aromatic heterocycles. The summed E-state index contributed by atoms with van der Waals surface area (Å²) in [5.74, 6) is 0. The third-order valence-electron chi connectivity index (χ3n) is 2.47. The molecule has 0 heterocycles. The van der Waals surface area contributed by atoms with Crippen LogP contribution in [0.4, 0.5) is 0 Å². The SMILES string of the molecule is C=CCCCC(O)c1cccc(C)c1I. The van der Waals surface area contributed by atoms with Crippen LogP contribution in [0.2, 0.25) is 0 Å². The van der Waals surface area contributed by atoms with Crippen LogP contribution in [0.15, 0.2) is 30.9 Å². The van der Waals surface area contributed by atoms with Crippen LogP contribution in [-0.4, -0.2) is 5.11 Å². The van der Waals surface area contributed by atoms with Gasteiger partial charge in [-0.2, -0.15) is 0 Å². The molecule has 2 heteroatoms. The molecule has 0 saturated carbocycles. The van der Waals surface area contributed by atoms with Gasteiger partial charge in [0.2, 0.25) is 0 Å². The van der Waals surface area contributed by atoms with E-state index < -0.39 is 0 Å². The lowest BCUT2D eigenvalue weighted by Gasteiger charge is -2.13. The molecule has 0 bridgehead atoms. The van der Waals surface area contributed by atoms with Crippen molar-refractivity contribution in [3.8, 4) is 0 Å². The van der Waals surface area contributed by atoms with E-state index in [-0.39, 0.29) is 6.10 Å². The van der Waals surface area contributed by atoms with Crippen LogP contribution < -0.4 is 0 Å². The molecule has 1 nitrogen and oxygen atoms in total. The normalized spacial score (nSPS) is 12.5. The van der Waals surface area contributed by atoms with Gasteiger partial charge in [0.25, 0.3) is 0 Å². The maximum absolute atomic E-state index is 10.0. The van der Waals surface area contributed by atoms with E-state index in [9.17, 15) is 5.11 Å². The van der Waals surface area contributed by atoms with Gasteiger partial charge in [0, 0.05) is 3.57 Å². The van der Waals surface area contributed by atoms with Gasteiger partial charge in [-0.25, -0.2) is 0 Å². The summed E-state index contributed by atoms with van der Waals surface area (Å²) in [5.41, 5.74) is 2.29. The number of unbranched alkanes of at least 4 members (excludes halogenated alkanes) is 1. The predicted molar refractivity (Wildman–Crippen MR) is 72.9 cm³/mol. The molecule has 0 aliphatic rings. The second-order valence-electron chi connectivity index (χ2n) is 3.71. The zero-order chi connectivity index (χ0) is 11.3. The molecule has 0 aliphatic carbocycles. The van der Waals surface area contributed by atoms with Crippen LogP contribution in [0.1, 0.15) is 36.5 Å². The third kappa shape index (κ3) is 3.61. The number of rotatable bonds is 5. The van der Waals surface area contributed by atoms with Gasteiger partial charge >= 0.3 is 0 Å². The molecule has 0 aliphatic heterocycles. The van der Waals surface area contributed by atoms with Crippen molar-refractivity contribution in [2.24, 2.45) is 0 Å². The molecule has 0 radical (unpaired) electrons. The molecule has 1 rings (SSSR count). The number of aliphatic hydroxyl groups is 1. The third-order valence-corrected chi connectivity index (χ3v) is 3.94. The van der Waals surface area contributed by atoms with Gasteiger partial charge in [-0.3, -0.25) is 0 Å². The summed E-state index contributed by atoms with van der Waals surface area (Å²) < 4.78 is 1.18. The average Bonchev–Trinajstić information content (AvgIpc) is 2.22. The highest BCUT2D eigenvalue weighted by Gasteiger charge is 2.11. The first-order valence-corrected chi connectivity index (χ1v) is 6.28. The van der Waals surface area contributed by atoms with E-state index in [0.717, 1.165) is 24.8 Å². The topological polar surface area (TPSA) is 20.2 Å². The van der Waals surface area contributed by atoms with E-state index in [1.807, 2.05) is 18.2 Å². The largest absolute Gasteiger partial charge is 0.388 e. The van der Waals surface area contributed by atoms with Gasteiger partial charge < -0.3 is 5.11 Å². The molecule has 0 amide bonds. The number of hydrogen-bond acceptors (Lipinski definition) is 1. The molecule has 1 unspecified atom stereocenters. The Labute approximate surface area is 105 Å². The maximum Gasteiger partial charge on any atom is 0.0800 e. The fourth-order valence-corrected chi connectivity index (χ4v) is 2.26. The number of allylic oxidation sites excluding steroid dienone is 1. The van der Waals surface area contributed by atoms with Crippen LogP contribution >= 0.6 is 22.6 Å². The summed E-state index contributed by atoms with van der Waals surface area (Å²) in [7, 11) is 0. The molecule has 82 valence electrons. The second-order valence-corrected chi connectivity index (χ2v) is 4.79. The Hall–Kier alpha value is -0.350. The van der Waals surface area contributed by atoms with Gasteiger partial charge in [-0.1, -0.05) is 24.3 Å². The fraction of sp³-hybridized carbons (Fsp3) is 0.385. The molecule has 1 aromatic carbocycles. The quantitative estimate of drug-likeness (QED) is 0.495. The van der Waals surface area contributed by atoms with Crippen molar-refractivity contribution in [1.29, 1.82) is 0 Å². The molecule has 0 saturated heterocycles. The summed E-state index contributed by atoms with van der Waals surface area (Å²) in [6, 6.07) is 6.08. The number of hydrogen-bond donors (Lipinski definition) is 1. The van der Waals surface area contributed by atoms with Crippen molar-refractivity contribution in [1.82, 2.24) is 0 Å². The predicted octanol–water partition coefficient (Wildman–Crippen LogP) is 3.99. The van der Waals surface area contributed by atoms with E-state index in [1.165, 1.54) is 9.13 Å². The molecule has 15 heavy (non-hydrogen) atoms. The standard InChI is InChI=1S/C13H17IO/c1-3-4-5-9-12(15)11-8-6-7-10(2)13(11)14/h3,6-8,12,15H,1,4-5,9H2,2H3. The zero-order valence-electron chi connectivity index (χ0n) is 9.04. The molecule has 1 N–H and O–H groups in total. The summed E-state index contributed by atoms with van der Waals surface area (Å²) in [5, 5.41) is 10.0. The van der Waals surface area contributed by atoms with Gasteiger partial charge in [-0.05, 0) is 59.9 Å². The Morgan fingerprint density at radius 2 is 2.27 bits per heavy atom. The monoisotopic (exact) mass is 316 g/mol. The van der Waals surface area contributed by atoms with Gasteiger partial charge in [-0.15, -0.1) is 6.58 Å². The Kier molecular flexibility index (Phi) is 5.32. The van der Waals surface area contributed by atoms with E-state index in [2.05, 4.69) is 42.2 Å². The average molecular weight is 316 g/mol. The highest BCUT2D eigenvalue weighted by Crippen LogP contribution is 2.26. The number of benzene rings is 1. The van der Waals surface area contributed by atoms with Crippen molar-refractivity contribution in [3.63, 3.8) is 0 Å². The van der Waals surface area contributed by atoms with Crippen molar-refractivity contribution in [3.05, 3.63) is 45.6 Å². The van der Waals surface area contributed by atoms with Gasteiger partial charge in [0.15, 0.2) is 0 Å². The molecule has 0 fully saturated rings. The highest BCUT2D eigenvalue weighted by molar-refractivity contribution is 14.1. The first kappa shape index (κ1) is 12.7. The first-order chi connectivity index (χ1) is 7.16. The lowest BCUT2D eigenvalue weighted by atomic mass is 10.0. The van der Waals surface area contributed by atoms with Gasteiger partial charge in [0.1, 0.15) is 0 Å². The van der Waals surface area contributed by atoms with E-state index >= 15 is 0 Å². The minimum atomic E-state index is -0.336. The van der Waals surface area contributed by atoms with E-state index in [1.54, 1.807) is 0 Å². The second kappa shape index (κ2) is 6.28. The van der Waals surface area contributed by atoms with Crippen LogP contribution in [-0.2, 0) is 0 Å². The highest BCUT2D eigenvalue weighted by atomic mass is 127. The summed E-state index contributed by atoms with van der Waals surface area (Å²) in [4.78, 5) is 0. The maximum atomic E-state index is 10.0. The first-order valence-electron chi connectivity index (χ1n) is 5.20. The summed E-state index contributed by atoms with van der Waals surface area (Å²) in [6.45, 7) is 5.75.